The fourth-order valence-electron chi connectivity index (χ4n) is 2.27. The lowest BCUT2D eigenvalue weighted by atomic mass is 10.1. The zero-order valence-electron chi connectivity index (χ0n) is 12.3. The zero-order chi connectivity index (χ0) is 15.4. The molecule has 2 N–H and O–H groups in total. The molecule has 0 unspecified atom stereocenters. The Morgan fingerprint density at radius 2 is 2.29 bits per heavy atom. The summed E-state index contributed by atoms with van der Waals surface area (Å²) in [4.78, 5) is 21.8. The van der Waals surface area contributed by atoms with E-state index in [4.69, 9.17) is 0 Å². The molecule has 5 nitrogen and oxygen atoms in total. The summed E-state index contributed by atoms with van der Waals surface area (Å²) in [6.45, 7) is 2.38. The molecule has 2 rings (SSSR count). The molecular formula is C15H19N3O2S. The average molecular weight is 305 g/mol. The number of imidazole rings is 1. The van der Waals surface area contributed by atoms with Crippen molar-refractivity contribution in [3.8, 4) is 0 Å². The van der Waals surface area contributed by atoms with E-state index in [2.05, 4.69) is 9.97 Å². The van der Waals surface area contributed by atoms with E-state index in [0.717, 1.165) is 22.0 Å². The number of nitrogens with one attached hydrogen (secondary N) is 1. The van der Waals surface area contributed by atoms with Crippen molar-refractivity contribution in [2.75, 3.05) is 13.3 Å². The highest BCUT2D eigenvalue weighted by Crippen LogP contribution is 2.25. The predicted octanol–water partition coefficient (Wildman–Crippen LogP) is 2.70. The van der Waals surface area contributed by atoms with E-state index in [0.29, 0.717) is 6.54 Å². The number of H-pyrrole nitrogens is 1. The van der Waals surface area contributed by atoms with Gasteiger partial charge in [-0.05, 0) is 37.9 Å². The minimum Gasteiger partial charge on any atom is -0.480 e. The van der Waals surface area contributed by atoms with Crippen LogP contribution in [0.2, 0.25) is 0 Å². The van der Waals surface area contributed by atoms with Gasteiger partial charge in [0, 0.05) is 16.8 Å². The van der Waals surface area contributed by atoms with Crippen molar-refractivity contribution in [2.45, 2.75) is 24.4 Å². The molecule has 0 aliphatic carbocycles. The minimum absolute atomic E-state index is 0.453. The summed E-state index contributed by atoms with van der Waals surface area (Å²) in [5, 5.41) is 9.56. The van der Waals surface area contributed by atoms with Crippen LogP contribution >= 0.6 is 11.8 Å². The van der Waals surface area contributed by atoms with Gasteiger partial charge in [-0.2, -0.15) is 0 Å². The largest absolute Gasteiger partial charge is 0.480 e. The van der Waals surface area contributed by atoms with Gasteiger partial charge in [0.25, 0.3) is 0 Å². The van der Waals surface area contributed by atoms with Crippen molar-refractivity contribution in [2.24, 2.45) is 0 Å². The third-order valence-electron chi connectivity index (χ3n) is 3.24. The molecule has 1 atom stereocenters. The number of carboxylic acid groups (broad SMARTS) is 1. The highest BCUT2D eigenvalue weighted by Gasteiger charge is 2.25. The van der Waals surface area contributed by atoms with Crippen molar-refractivity contribution in [3.63, 3.8) is 0 Å². The first kappa shape index (κ1) is 15.6. The van der Waals surface area contributed by atoms with Crippen LogP contribution in [-0.4, -0.2) is 39.2 Å². The van der Waals surface area contributed by atoms with E-state index in [-0.39, 0.29) is 0 Å². The maximum atomic E-state index is 11.7. The van der Waals surface area contributed by atoms with Gasteiger partial charge in [0.2, 0.25) is 0 Å². The molecule has 1 aromatic heterocycles. The number of aliphatic carboxylic acids is 1. The molecule has 1 heterocycles. The molecule has 0 fully saturated rings. The SMILES string of the molecule is CSc1cccc([C@H](C(=O)O)N(C)Cc2ncc(C)[nH]2)c1. The molecular weight excluding hydrogens is 286 g/mol. The average Bonchev–Trinajstić information content (AvgIpc) is 2.84. The number of nitrogens with zero attached hydrogens (tertiary/aromatic N) is 2. The van der Waals surface area contributed by atoms with Gasteiger partial charge in [-0.25, -0.2) is 4.98 Å². The fourth-order valence-corrected chi connectivity index (χ4v) is 2.74. The first-order valence-corrected chi connectivity index (χ1v) is 7.81. The van der Waals surface area contributed by atoms with Crippen molar-refractivity contribution < 1.29 is 9.90 Å². The van der Waals surface area contributed by atoms with Gasteiger partial charge in [0.15, 0.2) is 0 Å². The fraction of sp³-hybridized carbons (Fsp3) is 0.333. The molecule has 21 heavy (non-hydrogen) atoms. The molecule has 0 amide bonds. The number of carboxylic acids is 1. The molecule has 2 aromatic rings. The lowest BCUT2D eigenvalue weighted by Crippen LogP contribution is -2.30. The molecule has 0 saturated heterocycles. The van der Waals surface area contributed by atoms with Crippen molar-refractivity contribution in [1.82, 2.24) is 14.9 Å². The Bertz CT molecular complexity index is 627. The summed E-state index contributed by atoms with van der Waals surface area (Å²) in [5.74, 6) is -0.0960. The summed E-state index contributed by atoms with van der Waals surface area (Å²) in [6, 6.07) is 6.95. The molecule has 0 spiro atoms. The smallest absolute Gasteiger partial charge is 0.325 e. The number of benzene rings is 1. The molecule has 0 saturated carbocycles. The van der Waals surface area contributed by atoms with Crippen LogP contribution in [0.4, 0.5) is 0 Å². The Morgan fingerprint density at radius 3 is 2.86 bits per heavy atom. The first-order chi connectivity index (χ1) is 10.0. The molecule has 0 aliphatic heterocycles. The molecule has 0 radical (unpaired) electrons. The maximum Gasteiger partial charge on any atom is 0.325 e. The normalized spacial score (nSPS) is 12.6. The lowest BCUT2D eigenvalue weighted by molar-refractivity contribution is -0.143. The lowest BCUT2D eigenvalue weighted by Gasteiger charge is -2.24. The van der Waals surface area contributed by atoms with E-state index in [1.165, 1.54) is 0 Å². The Labute approximate surface area is 128 Å². The van der Waals surface area contributed by atoms with Crippen LogP contribution in [0.3, 0.4) is 0 Å². The quantitative estimate of drug-likeness (QED) is 0.803. The third kappa shape index (κ3) is 3.86. The second kappa shape index (κ2) is 6.78. The van der Waals surface area contributed by atoms with Gasteiger partial charge in [-0.3, -0.25) is 9.69 Å². The summed E-state index contributed by atoms with van der Waals surface area (Å²) in [7, 11) is 1.79. The number of aromatic nitrogens is 2. The first-order valence-electron chi connectivity index (χ1n) is 6.58. The number of likely N-dealkylation sites (N-methyl/N-ethyl adjacent to an activating group) is 1. The number of hydrogen-bond acceptors (Lipinski definition) is 4. The monoisotopic (exact) mass is 305 g/mol. The summed E-state index contributed by atoms with van der Waals surface area (Å²) < 4.78 is 0. The van der Waals surface area contributed by atoms with Crippen molar-refractivity contribution >= 4 is 17.7 Å². The van der Waals surface area contributed by atoms with Crippen LogP contribution in [0.15, 0.2) is 35.4 Å². The number of thioether (sulfide) groups is 1. The summed E-state index contributed by atoms with van der Waals surface area (Å²) in [5.41, 5.74) is 1.75. The third-order valence-corrected chi connectivity index (χ3v) is 3.96. The number of hydrogen-bond donors (Lipinski definition) is 2. The van der Waals surface area contributed by atoms with Crippen LogP contribution in [0.1, 0.15) is 23.1 Å². The maximum absolute atomic E-state index is 11.7. The highest BCUT2D eigenvalue weighted by molar-refractivity contribution is 7.98. The summed E-state index contributed by atoms with van der Waals surface area (Å²) in [6.07, 6.45) is 3.72. The number of aryl methyl sites for hydroxylation is 1. The van der Waals surface area contributed by atoms with Crippen LogP contribution in [0.25, 0.3) is 0 Å². The predicted molar refractivity (Wildman–Crippen MR) is 83.4 cm³/mol. The van der Waals surface area contributed by atoms with Crippen molar-refractivity contribution in [1.29, 1.82) is 0 Å². The van der Waals surface area contributed by atoms with Crippen LogP contribution in [0.5, 0.6) is 0 Å². The Morgan fingerprint density at radius 1 is 1.52 bits per heavy atom. The summed E-state index contributed by atoms with van der Waals surface area (Å²) >= 11 is 1.60. The van der Waals surface area contributed by atoms with Crippen LogP contribution in [-0.2, 0) is 11.3 Å². The standard InChI is InChI=1S/C15H19N3O2S/c1-10-8-16-13(17-10)9-18(2)14(15(19)20)11-5-4-6-12(7-11)21-3/h4-8,14H,9H2,1-3H3,(H,16,17)(H,19,20)/t14-/m1/s1. The Kier molecular flexibility index (Phi) is 5.03. The van der Waals surface area contributed by atoms with E-state index < -0.39 is 12.0 Å². The number of carbonyl (C=O) groups is 1. The Hall–Kier alpha value is -1.79. The van der Waals surface area contributed by atoms with E-state index in [1.807, 2.05) is 37.4 Å². The molecule has 1 aromatic carbocycles. The molecule has 0 aliphatic rings. The highest BCUT2D eigenvalue weighted by atomic mass is 32.2. The minimum atomic E-state index is -0.862. The molecule has 6 heteroatoms. The van der Waals surface area contributed by atoms with E-state index in [9.17, 15) is 9.90 Å². The van der Waals surface area contributed by atoms with E-state index in [1.54, 1.807) is 29.9 Å². The van der Waals surface area contributed by atoms with Crippen molar-refractivity contribution in [3.05, 3.63) is 47.5 Å². The molecule has 0 bridgehead atoms. The van der Waals surface area contributed by atoms with Gasteiger partial charge in [0.1, 0.15) is 11.9 Å². The molecule has 112 valence electrons. The van der Waals surface area contributed by atoms with Crippen LogP contribution < -0.4 is 0 Å². The number of aromatic amines is 1. The van der Waals surface area contributed by atoms with Gasteiger partial charge >= 0.3 is 5.97 Å². The topological polar surface area (TPSA) is 69.2 Å². The van der Waals surface area contributed by atoms with Gasteiger partial charge in [-0.15, -0.1) is 11.8 Å². The Balaban J connectivity index is 2.23. The second-order valence-corrected chi connectivity index (χ2v) is 5.83. The van der Waals surface area contributed by atoms with Gasteiger partial charge in [0.05, 0.1) is 6.54 Å². The van der Waals surface area contributed by atoms with Gasteiger partial charge < -0.3 is 10.1 Å². The zero-order valence-corrected chi connectivity index (χ0v) is 13.1. The van der Waals surface area contributed by atoms with E-state index >= 15 is 0 Å². The van der Waals surface area contributed by atoms with Gasteiger partial charge in [-0.1, -0.05) is 12.1 Å². The second-order valence-electron chi connectivity index (χ2n) is 4.95. The van der Waals surface area contributed by atoms with Crippen LogP contribution in [0, 0.1) is 6.92 Å². The number of rotatable bonds is 6.